The molecule has 2 nitrogen and oxygen atoms in total. The van der Waals surface area contributed by atoms with Crippen LogP contribution in [0.3, 0.4) is 0 Å². The Labute approximate surface area is 274 Å². The summed E-state index contributed by atoms with van der Waals surface area (Å²) in [4.78, 5) is 0. The molecule has 0 unspecified atom stereocenters. The van der Waals surface area contributed by atoms with Gasteiger partial charge in [0.15, 0.2) is 0 Å². The quantitative estimate of drug-likeness (QED) is 0.202. The smallest absolute Gasteiger partial charge is 0.411 e. The lowest BCUT2D eigenvalue weighted by molar-refractivity contribution is 0.0164. The molecule has 44 heavy (non-hydrogen) atoms. The lowest BCUT2D eigenvalue weighted by atomic mass is 9.55. The first kappa shape index (κ1) is 37.1. The Hall–Kier alpha value is -1.32. The molecule has 4 saturated carbocycles. The molecule has 5 fully saturated rings. The summed E-state index contributed by atoms with van der Waals surface area (Å²) in [7, 11) is 0.0196. The summed E-state index contributed by atoms with van der Waals surface area (Å²) in [5, 5.41) is 0. The fourth-order valence-electron chi connectivity index (χ4n) is 7.07. The normalized spacial score (nSPS) is 35.5. The van der Waals surface area contributed by atoms with Crippen LogP contribution in [0.4, 0.5) is 0 Å². The summed E-state index contributed by atoms with van der Waals surface area (Å²) in [6.07, 6.45) is 33.5. The van der Waals surface area contributed by atoms with Gasteiger partial charge in [-0.3, -0.25) is 0 Å². The van der Waals surface area contributed by atoms with Crippen molar-refractivity contribution in [2.45, 2.75) is 159 Å². The molecule has 3 heteroatoms. The molecule has 0 amide bonds. The van der Waals surface area contributed by atoms with E-state index in [9.17, 15) is 0 Å². The maximum atomic E-state index is 5.17. The Kier molecular flexibility index (Phi) is 13.9. The molecule has 0 aromatic carbocycles. The van der Waals surface area contributed by atoms with E-state index in [2.05, 4.69) is 98.8 Å². The van der Waals surface area contributed by atoms with E-state index in [0.29, 0.717) is 16.7 Å². The van der Waals surface area contributed by atoms with Crippen molar-refractivity contribution in [3.05, 3.63) is 58.7 Å². The van der Waals surface area contributed by atoms with Crippen LogP contribution in [0.5, 0.6) is 0 Å². The van der Waals surface area contributed by atoms with Gasteiger partial charge in [0.1, 0.15) is 0 Å². The molecular formula is C41H69BO2. The number of hydrogen-bond acceptors (Lipinski definition) is 2. The minimum atomic E-state index is 0.0196. The zero-order valence-corrected chi connectivity index (χ0v) is 30.7. The molecule has 1 saturated heterocycles. The van der Waals surface area contributed by atoms with Gasteiger partial charge in [-0.1, -0.05) is 93.4 Å². The fraction of sp³-hybridized carbons (Fsp3) is 0.756. The zero-order valence-electron chi connectivity index (χ0n) is 30.7. The van der Waals surface area contributed by atoms with Crippen molar-refractivity contribution >= 4 is 7.12 Å². The summed E-state index contributed by atoms with van der Waals surface area (Å²) < 4.78 is 10.3. The van der Waals surface area contributed by atoms with E-state index in [1.54, 1.807) is 0 Å². The van der Waals surface area contributed by atoms with Gasteiger partial charge in [0, 0.05) is 13.2 Å². The van der Waals surface area contributed by atoms with Gasteiger partial charge in [-0.2, -0.15) is 0 Å². The summed E-state index contributed by atoms with van der Waals surface area (Å²) in [6, 6.07) is 0. The summed E-state index contributed by atoms with van der Waals surface area (Å²) in [6.45, 7) is 24.2. The molecular weight excluding hydrogens is 535 g/mol. The molecule has 9 aliphatic rings. The lowest BCUT2D eigenvalue weighted by Gasteiger charge is -2.50. The second-order valence-corrected chi connectivity index (χ2v) is 17.1. The molecule has 0 spiro atoms. The highest BCUT2D eigenvalue weighted by Gasteiger charge is 2.43. The molecule has 8 aliphatic carbocycles. The van der Waals surface area contributed by atoms with Crippen molar-refractivity contribution in [3.63, 3.8) is 0 Å². The van der Waals surface area contributed by atoms with E-state index in [1.165, 1.54) is 112 Å². The van der Waals surface area contributed by atoms with Crippen LogP contribution < -0.4 is 0 Å². The van der Waals surface area contributed by atoms with Crippen molar-refractivity contribution in [1.29, 1.82) is 0 Å². The molecule has 0 aromatic heterocycles. The molecule has 0 radical (unpaired) electrons. The summed E-state index contributed by atoms with van der Waals surface area (Å²) >= 11 is 0. The number of hydrogen-bond donors (Lipinski definition) is 0. The lowest BCUT2D eigenvalue weighted by Crippen LogP contribution is -2.37. The first-order valence-electron chi connectivity index (χ1n) is 18.2. The van der Waals surface area contributed by atoms with Crippen LogP contribution in [0.2, 0.25) is 6.82 Å². The summed E-state index contributed by atoms with van der Waals surface area (Å²) in [5.41, 5.74) is 8.72. The highest BCUT2D eigenvalue weighted by atomic mass is 16.6. The van der Waals surface area contributed by atoms with Gasteiger partial charge in [-0.25, -0.2) is 0 Å². The third kappa shape index (κ3) is 12.8. The minimum Gasteiger partial charge on any atom is -0.411 e. The first-order chi connectivity index (χ1) is 20.6. The van der Waals surface area contributed by atoms with Gasteiger partial charge in [-0.15, -0.1) is 0 Å². The Morgan fingerprint density at radius 2 is 0.909 bits per heavy atom. The van der Waals surface area contributed by atoms with E-state index in [4.69, 9.17) is 9.31 Å². The maximum Gasteiger partial charge on any atom is 0.453 e. The Morgan fingerprint density at radius 1 is 0.568 bits per heavy atom. The maximum absolute atomic E-state index is 5.17. The van der Waals surface area contributed by atoms with Crippen LogP contribution in [-0.2, 0) is 9.31 Å². The molecule has 0 N–H and O–H groups in total. The highest BCUT2D eigenvalue weighted by Crippen LogP contribution is 2.56. The van der Waals surface area contributed by atoms with E-state index in [1.807, 2.05) is 6.82 Å². The largest absolute Gasteiger partial charge is 0.453 e. The van der Waals surface area contributed by atoms with Gasteiger partial charge in [0.05, 0.1) is 0 Å². The number of rotatable bonds is 0. The van der Waals surface area contributed by atoms with E-state index in [0.717, 1.165) is 24.0 Å². The van der Waals surface area contributed by atoms with Crippen molar-refractivity contribution in [2.24, 2.45) is 27.6 Å². The van der Waals surface area contributed by atoms with E-state index in [-0.39, 0.29) is 7.12 Å². The monoisotopic (exact) mass is 605 g/mol. The van der Waals surface area contributed by atoms with Gasteiger partial charge in [0.25, 0.3) is 0 Å². The number of allylic oxidation sites excluding steroid dienone is 10. The van der Waals surface area contributed by atoms with Gasteiger partial charge < -0.3 is 9.31 Å². The highest BCUT2D eigenvalue weighted by molar-refractivity contribution is 6.42. The van der Waals surface area contributed by atoms with Gasteiger partial charge in [-0.05, 0) is 152 Å². The molecule has 1 heterocycles. The van der Waals surface area contributed by atoms with Crippen LogP contribution in [-0.4, -0.2) is 20.3 Å². The second-order valence-electron chi connectivity index (χ2n) is 17.1. The van der Waals surface area contributed by atoms with Crippen molar-refractivity contribution < 1.29 is 9.31 Å². The van der Waals surface area contributed by atoms with E-state index < -0.39 is 0 Å². The second kappa shape index (κ2) is 16.5. The number of fused-ring (bicyclic) bond motifs is 5. The van der Waals surface area contributed by atoms with Gasteiger partial charge in [0.2, 0.25) is 0 Å². The van der Waals surface area contributed by atoms with Crippen LogP contribution >= 0.6 is 0 Å². The van der Waals surface area contributed by atoms with Crippen LogP contribution in [0.1, 0.15) is 152 Å². The van der Waals surface area contributed by atoms with Crippen LogP contribution in [0, 0.1) is 27.6 Å². The molecule has 1 aliphatic heterocycles. The van der Waals surface area contributed by atoms with Gasteiger partial charge >= 0.3 is 7.12 Å². The van der Waals surface area contributed by atoms with Crippen LogP contribution in [0.15, 0.2) is 58.7 Å². The Bertz CT molecular complexity index is 948. The molecule has 4 bridgehead atoms. The predicted molar refractivity (Wildman–Crippen MR) is 194 cm³/mol. The SMILES string of the molecule is CB1OCC(C)CO1.CC12C=CC(C)(CC1)CC2.CC12CCC(C)(CC1)CC2.CC1=CC=C(C)CC1.CC1=CCC(C)=CC1. The van der Waals surface area contributed by atoms with Crippen molar-refractivity contribution in [2.75, 3.05) is 13.2 Å². The van der Waals surface area contributed by atoms with Crippen molar-refractivity contribution in [1.82, 2.24) is 0 Å². The fourth-order valence-corrected chi connectivity index (χ4v) is 7.07. The predicted octanol–water partition coefficient (Wildman–Crippen LogP) is 12.6. The Balaban J connectivity index is 0.000000151. The molecule has 0 aromatic rings. The molecule has 0 atom stereocenters. The zero-order chi connectivity index (χ0) is 32.4. The molecule has 9 rings (SSSR count). The average molecular weight is 605 g/mol. The standard InChI is InChI=1S/C10H18.C10H16.2C8H12.C5H11BO2/c2*1-9-3-6-10(2,7-4-9)8-5-9;2*1-7-3-5-8(2)6-4-7;1-5-3-7-6(2)8-4-5/h3-8H2,1-2H3;3,6H,4-5,7-8H2,1-2H3;3,6H,4-5H2,1-2H3;3,5H,4,6H2,1-2H3;5H,3-4H2,1-2H3. The average Bonchev–Trinajstić information content (AvgIpc) is 3.01. The minimum absolute atomic E-state index is 0.0196. The summed E-state index contributed by atoms with van der Waals surface area (Å²) in [5.74, 6) is 0.575. The van der Waals surface area contributed by atoms with E-state index >= 15 is 0 Å². The Morgan fingerprint density at radius 3 is 1.16 bits per heavy atom. The van der Waals surface area contributed by atoms with Crippen molar-refractivity contribution in [3.8, 4) is 0 Å². The third-order valence-corrected chi connectivity index (χ3v) is 11.8. The van der Waals surface area contributed by atoms with Crippen LogP contribution in [0.25, 0.3) is 0 Å². The first-order valence-corrected chi connectivity index (χ1v) is 18.2. The molecule has 248 valence electrons. The third-order valence-electron chi connectivity index (χ3n) is 11.8. The topological polar surface area (TPSA) is 18.5 Å².